The SMILES string of the molecule is OC(c1cn2cc(C3CC3)ccc2n1)C(F)(F)F. The molecule has 1 N–H and O–H groups in total. The van der Waals surface area contributed by atoms with E-state index in [4.69, 9.17) is 5.11 Å². The number of aliphatic hydroxyl groups is 1. The number of pyridine rings is 1. The maximum absolute atomic E-state index is 12.4. The Morgan fingerprint density at radius 1 is 1.28 bits per heavy atom. The average molecular weight is 256 g/mol. The zero-order chi connectivity index (χ0) is 12.9. The number of halogens is 3. The van der Waals surface area contributed by atoms with Crippen LogP contribution in [0.5, 0.6) is 0 Å². The van der Waals surface area contributed by atoms with E-state index in [9.17, 15) is 13.2 Å². The number of hydrogen-bond donors (Lipinski definition) is 1. The van der Waals surface area contributed by atoms with Gasteiger partial charge >= 0.3 is 6.18 Å². The highest BCUT2D eigenvalue weighted by Gasteiger charge is 2.41. The summed E-state index contributed by atoms with van der Waals surface area (Å²) in [6, 6.07) is 3.56. The third-order valence-corrected chi connectivity index (χ3v) is 3.13. The van der Waals surface area contributed by atoms with Crippen LogP contribution in [0.15, 0.2) is 24.5 Å². The molecule has 0 aromatic carbocycles. The highest BCUT2D eigenvalue weighted by molar-refractivity contribution is 5.43. The molecule has 3 rings (SSSR count). The Bertz CT molecular complexity index is 587. The summed E-state index contributed by atoms with van der Waals surface area (Å²) in [4.78, 5) is 3.79. The summed E-state index contributed by atoms with van der Waals surface area (Å²) in [6.07, 6.45) is -1.94. The van der Waals surface area contributed by atoms with Crippen molar-refractivity contribution in [2.45, 2.75) is 31.0 Å². The first-order valence-electron chi connectivity index (χ1n) is 5.68. The van der Waals surface area contributed by atoms with E-state index in [1.54, 1.807) is 12.3 Å². The maximum Gasteiger partial charge on any atom is 0.420 e. The van der Waals surface area contributed by atoms with Crippen molar-refractivity contribution in [2.75, 3.05) is 0 Å². The highest BCUT2D eigenvalue weighted by atomic mass is 19.4. The van der Waals surface area contributed by atoms with Crippen molar-refractivity contribution >= 4 is 5.65 Å². The molecule has 18 heavy (non-hydrogen) atoms. The summed E-state index contributed by atoms with van der Waals surface area (Å²) < 4.78 is 38.7. The van der Waals surface area contributed by atoms with E-state index >= 15 is 0 Å². The third kappa shape index (κ3) is 1.96. The summed E-state index contributed by atoms with van der Waals surface area (Å²) in [5.41, 5.74) is 1.15. The summed E-state index contributed by atoms with van der Waals surface area (Å²) >= 11 is 0. The maximum atomic E-state index is 12.4. The summed E-state index contributed by atoms with van der Waals surface area (Å²) in [6.45, 7) is 0. The molecular weight excluding hydrogens is 245 g/mol. The van der Waals surface area contributed by atoms with Gasteiger partial charge in [0.2, 0.25) is 0 Å². The van der Waals surface area contributed by atoms with Crippen molar-refractivity contribution in [2.24, 2.45) is 0 Å². The first-order valence-corrected chi connectivity index (χ1v) is 5.68. The number of imidazole rings is 1. The molecule has 0 radical (unpaired) electrons. The van der Waals surface area contributed by atoms with Crippen LogP contribution in [0.2, 0.25) is 0 Å². The zero-order valence-corrected chi connectivity index (χ0v) is 9.35. The molecule has 1 aliphatic carbocycles. The van der Waals surface area contributed by atoms with Crippen LogP contribution in [0.1, 0.15) is 36.1 Å². The second kappa shape index (κ2) is 3.71. The van der Waals surface area contributed by atoms with Crippen LogP contribution in [0.25, 0.3) is 5.65 Å². The van der Waals surface area contributed by atoms with E-state index in [2.05, 4.69) is 4.98 Å². The average Bonchev–Trinajstić information content (AvgIpc) is 3.06. The van der Waals surface area contributed by atoms with Gasteiger partial charge in [0.15, 0.2) is 6.10 Å². The second-order valence-electron chi connectivity index (χ2n) is 4.61. The number of rotatable bonds is 2. The molecule has 2 heterocycles. The van der Waals surface area contributed by atoms with Crippen molar-refractivity contribution in [3.63, 3.8) is 0 Å². The van der Waals surface area contributed by atoms with Gasteiger partial charge in [-0.05, 0) is 30.4 Å². The Kier molecular flexibility index (Phi) is 2.38. The lowest BCUT2D eigenvalue weighted by molar-refractivity contribution is -0.207. The lowest BCUT2D eigenvalue weighted by atomic mass is 10.2. The lowest BCUT2D eigenvalue weighted by Gasteiger charge is -2.10. The molecule has 1 saturated carbocycles. The van der Waals surface area contributed by atoms with Gasteiger partial charge in [-0.25, -0.2) is 4.98 Å². The first-order chi connectivity index (χ1) is 8.45. The van der Waals surface area contributed by atoms with Gasteiger partial charge in [0.25, 0.3) is 0 Å². The predicted octanol–water partition coefficient (Wildman–Crippen LogP) is 2.81. The number of alkyl halides is 3. The van der Waals surface area contributed by atoms with E-state index < -0.39 is 12.3 Å². The quantitative estimate of drug-likeness (QED) is 0.897. The van der Waals surface area contributed by atoms with E-state index in [-0.39, 0.29) is 5.69 Å². The van der Waals surface area contributed by atoms with Crippen molar-refractivity contribution in [3.05, 3.63) is 35.8 Å². The van der Waals surface area contributed by atoms with Crippen LogP contribution < -0.4 is 0 Å². The molecule has 0 aliphatic heterocycles. The molecule has 2 aromatic rings. The Morgan fingerprint density at radius 3 is 2.61 bits per heavy atom. The van der Waals surface area contributed by atoms with Gasteiger partial charge in [-0.1, -0.05) is 6.07 Å². The molecule has 1 atom stereocenters. The Labute approximate surface area is 101 Å². The van der Waals surface area contributed by atoms with Gasteiger partial charge in [0.05, 0.1) is 5.69 Å². The van der Waals surface area contributed by atoms with Crippen LogP contribution in [-0.4, -0.2) is 20.7 Å². The van der Waals surface area contributed by atoms with Crippen molar-refractivity contribution in [1.82, 2.24) is 9.38 Å². The minimum absolute atomic E-state index is 0.365. The molecule has 0 spiro atoms. The molecule has 1 unspecified atom stereocenters. The standard InChI is InChI=1S/C12H11F3N2O/c13-12(14,15)11(18)9-6-17-5-8(7-1-2-7)3-4-10(17)16-9/h3-7,11,18H,1-2H2. The second-order valence-corrected chi connectivity index (χ2v) is 4.61. The molecule has 1 fully saturated rings. The fraction of sp³-hybridized carbons (Fsp3) is 0.417. The molecule has 2 aromatic heterocycles. The van der Waals surface area contributed by atoms with Crippen LogP contribution in [0.3, 0.4) is 0 Å². The molecule has 0 amide bonds. The van der Waals surface area contributed by atoms with Gasteiger partial charge in [-0.2, -0.15) is 13.2 Å². The van der Waals surface area contributed by atoms with Crippen LogP contribution >= 0.6 is 0 Å². The molecule has 0 bridgehead atoms. The zero-order valence-electron chi connectivity index (χ0n) is 9.35. The monoisotopic (exact) mass is 256 g/mol. The van der Waals surface area contributed by atoms with Gasteiger partial charge < -0.3 is 9.51 Å². The van der Waals surface area contributed by atoms with Crippen LogP contribution in [0.4, 0.5) is 13.2 Å². The Balaban J connectivity index is 2.00. The van der Waals surface area contributed by atoms with Crippen molar-refractivity contribution in [1.29, 1.82) is 0 Å². The van der Waals surface area contributed by atoms with Gasteiger partial charge in [-0.3, -0.25) is 0 Å². The number of fused-ring (bicyclic) bond motifs is 1. The van der Waals surface area contributed by atoms with Gasteiger partial charge in [-0.15, -0.1) is 0 Å². The van der Waals surface area contributed by atoms with E-state index in [1.165, 1.54) is 10.6 Å². The highest BCUT2D eigenvalue weighted by Crippen LogP contribution is 2.40. The minimum atomic E-state index is -4.68. The van der Waals surface area contributed by atoms with Gasteiger partial charge in [0, 0.05) is 12.4 Å². The normalized spacial score (nSPS) is 18.2. The fourth-order valence-corrected chi connectivity index (χ4v) is 1.99. The molecule has 1 aliphatic rings. The van der Waals surface area contributed by atoms with E-state index in [0.717, 1.165) is 18.4 Å². The lowest BCUT2D eigenvalue weighted by Crippen LogP contribution is -2.20. The first kappa shape index (κ1) is 11.5. The van der Waals surface area contributed by atoms with Crippen LogP contribution in [-0.2, 0) is 0 Å². The van der Waals surface area contributed by atoms with Crippen LogP contribution in [0, 0.1) is 0 Å². The summed E-state index contributed by atoms with van der Waals surface area (Å²) in [5.74, 6) is 0.521. The fourth-order valence-electron chi connectivity index (χ4n) is 1.99. The molecule has 0 saturated heterocycles. The van der Waals surface area contributed by atoms with E-state index in [1.807, 2.05) is 6.07 Å². The molecule has 96 valence electrons. The minimum Gasteiger partial charge on any atom is -0.378 e. The van der Waals surface area contributed by atoms with Gasteiger partial charge in [0.1, 0.15) is 5.65 Å². The smallest absolute Gasteiger partial charge is 0.378 e. The predicted molar refractivity (Wildman–Crippen MR) is 58.2 cm³/mol. The van der Waals surface area contributed by atoms with E-state index in [0.29, 0.717) is 11.6 Å². The summed E-state index contributed by atoms with van der Waals surface area (Å²) in [5, 5.41) is 9.15. The number of aromatic nitrogens is 2. The third-order valence-electron chi connectivity index (χ3n) is 3.13. The molecule has 6 heteroatoms. The summed E-state index contributed by atoms with van der Waals surface area (Å²) in [7, 11) is 0. The Morgan fingerprint density at radius 2 is 2.00 bits per heavy atom. The van der Waals surface area contributed by atoms with Crippen molar-refractivity contribution < 1.29 is 18.3 Å². The Hall–Kier alpha value is -1.56. The molecular formula is C12H11F3N2O. The number of aliphatic hydroxyl groups excluding tert-OH is 1. The molecule has 3 nitrogen and oxygen atoms in total. The topological polar surface area (TPSA) is 37.5 Å². The van der Waals surface area contributed by atoms with Crippen molar-refractivity contribution in [3.8, 4) is 0 Å². The number of hydrogen-bond acceptors (Lipinski definition) is 2. The number of nitrogens with zero attached hydrogens (tertiary/aromatic N) is 2. The largest absolute Gasteiger partial charge is 0.420 e.